The highest BCUT2D eigenvalue weighted by molar-refractivity contribution is 6.42. The third-order valence-corrected chi connectivity index (χ3v) is 3.09. The predicted octanol–water partition coefficient (Wildman–Crippen LogP) is 2.33. The van der Waals surface area contributed by atoms with Crippen LogP contribution < -0.4 is 5.32 Å². The van der Waals surface area contributed by atoms with Gasteiger partial charge in [-0.05, 0) is 17.7 Å². The Labute approximate surface area is 98.5 Å². The van der Waals surface area contributed by atoms with Crippen LogP contribution in [0.25, 0.3) is 0 Å². The number of nitrogens with zero attached hydrogens (tertiary/aromatic N) is 1. The smallest absolute Gasteiger partial charge is 0.191 e. The lowest BCUT2D eigenvalue weighted by atomic mass is 10.2. The van der Waals surface area contributed by atoms with Crippen LogP contribution >= 0.6 is 23.2 Å². The highest BCUT2D eigenvalue weighted by atomic mass is 35.5. The Bertz CT molecular complexity index is 392. The van der Waals surface area contributed by atoms with Crippen molar-refractivity contribution < 1.29 is 0 Å². The van der Waals surface area contributed by atoms with Gasteiger partial charge in [0.1, 0.15) is 0 Å². The average Bonchev–Trinajstić information content (AvgIpc) is 2.59. The Morgan fingerprint density at radius 3 is 2.73 bits per heavy atom. The van der Waals surface area contributed by atoms with Crippen molar-refractivity contribution in [3.63, 3.8) is 0 Å². The Kier molecular flexibility index (Phi) is 3.03. The molecule has 1 heterocycles. The predicted molar refractivity (Wildman–Crippen MR) is 62.6 cm³/mol. The van der Waals surface area contributed by atoms with Gasteiger partial charge in [-0.1, -0.05) is 29.3 Å². The Balaban J connectivity index is 2.10. The molecule has 1 aliphatic heterocycles. The van der Waals surface area contributed by atoms with Gasteiger partial charge in [0.2, 0.25) is 0 Å². The highest BCUT2D eigenvalue weighted by Gasteiger charge is 2.16. The van der Waals surface area contributed by atoms with E-state index in [2.05, 4.69) is 5.32 Å². The molecule has 1 fully saturated rings. The van der Waals surface area contributed by atoms with E-state index in [0.717, 1.165) is 18.7 Å². The van der Waals surface area contributed by atoms with Crippen LogP contribution in [0.1, 0.15) is 5.56 Å². The van der Waals surface area contributed by atoms with Crippen molar-refractivity contribution >= 4 is 29.2 Å². The SMILES string of the molecule is N=C1NCCN1Cc1ccc(Cl)c(Cl)c1. The summed E-state index contributed by atoms with van der Waals surface area (Å²) < 4.78 is 0. The van der Waals surface area contributed by atoms with Gasteiger partial charge in [-0.3, -0.25) is 5.41 Å². The second-order valence-corrected chi connectivity index (χ2v) is 4.26. The summed E-state index contributed by atoms with van der Waals surface area (Å²) in [5, 5.41) is 11.7. The van der Waals surface area contributed by atoms with Crippen molar-refractivity contribution in [2.24, 2.45) is 0 Å². The fraction of sp³-hybridized carbons (Fsp3) is 0.300. The molecule has 80 valence electrons. The third kappa shape index (κ3) is 2.36. The maximum atomic E-state index is 7.61. The largest absolute Gasteiger partial charge is 0.355 e. The van der Waals surface area contributed by atoms with Crippen LogP contribution in [0.3, 0.4) is 0 Å². The van der Waals surface area contributed by atoms with Crippen LogP contribution in [-0.2, 0) is 6.54 Å². The monoisotopic (exact) mass is 243 g/mol. The first-order chi connectivity index (χ1) is 7.16. The number of guanidine groups is 1. The average molecular weight is 244 g/mol. The van der Waals surface area contributed by atoms with E-state index in [1.807, 2.05) is 17.0 Å². The zero-order chi connectivity index (χ0) is 10.8. The molecule has 0 radical (unpaired) electrons. The summed E-state index contributed by atoms with van der Waals surface area (Å²) >= 11 is 11.7. The van der Waals surface area contributed by atoms with Crippen molar-refractivity contribution in [2.45, 2.75) is 6.54 Å². The molecule has 2 rings (SSSR count). The first-order valence-electron chi connectivity index (χ1n) is 4.68. The number of halogens is 2. The molecule has 15 heavy (non-hydrogen) atoms. The molecule has 1 aliphatic rings. The summed E-state index contributed by atoms with van der Waals surface area (Å²) in [6.45, 7) is 2.39. The Morgan fingerprint density at radius 2 is 2.13 bits per heavy atom. The quantitative estimate of drug-likeness (QED) is 0.838. The lowest BCUT2D eigenvalue weighted by molar-refractivity contribution is 0.455. The van der Waals surface area contributed by atoms with Gasteiger partial charge in [0.05, 0.1) is 10.0 Å². The van der Waals surface area contributed by atoms with E-state index < -0.39 is 0 Å². The van der Waals surface area contributed by atoms with E-state index in [1.54, 1.807) is 6.07 Å². The topological polar surface area (TPSA) is 39.1 Å². The molecule has 0 atom stereocenters. The molecule has 0 amide bonds. The third-order valence-electron chi connectivity index (χ3n) is 2.35. The Hall–Kier alpha value is -0.930. The second kappa shape index (κ2) is 4.29. The van der Waals surface area contributed by atoms with Crippen molar-refractivity contribution in [3.8, 4) is 0 Å². The molecule has 0 spiro atoms. The molecule has 0 aliphatic carbocycles. The van der Waals surface area contributed by atoms with E-state index >= 15 is 0 Å². The van der Waals surface area contributed by atoms with Crippen LogP contribution in [0.2, 0.25) is 10.0 Å². The molecule has 1 aromatic rings. The van der Waals surface area contributed by atoms with Crippen molar-refractivity contribution in [2.75, 3.05) is 13.1 Å². The van der Waals surface area contributed by atoms with E-state index in [9.17, 15) is 0 Å². The Morgan fingerprint density at radius 1 is 1.33 bits per heavy atom. The number of nitrogens with one attached hydrogen (secondary N) is 2. The summed E-state index contributed by atoms with van der Waals surface area (Å²) in [5.41, 5.74) is 1.07. The molecule has 0 saturated carbocycles. The van der Waals surface area contributed by atoms with E-state index in [4.69, 9.17) is 28.6 Å². The standard InChI is InChI=1S/C10H11Cl2N3/c11-8-2-1-7(5-9(8)12)6-15-4-3-14-10(15)13/h1-2,5H,3-4,6H2,(H2,13,14). The molecule has 3 nitrogen and oxygen atoms in total. The van der Waals surface area contributed by atoms with Crippen LogP contribution in [0.5, 0.6) is 0 Å². The van der Waals surface area contributed by atoms with Crippen LogP contribution in [-0.4, -0.2) is 23.9 Å². The summed E-state index contributed by atoms with van der Waals surface area (Å²) in [5.74, 6) is 0.473. The van der Waals surface area contributed by atoms with Gasteiger partial charge in [0.15, 0.2) is 5.96 Å². The van der Waals surface area contributed by atoms with Gasteiger partial charge in [0, 0.05) is 19.6 Å². The molecular formula is C10H11Cl2N3. The minimum atomic E-state index is 0.473. The minimum Gasteiger partial charge on any atom is -0.355 e. The molecule has 0 unspecified atom stereocenters. The van der Waals surface area contributed by atoms with Crippen molar-refractivity contribution in [3.05, 3.63) is 33.8 Å². The van der Waals surface area contributed by atoms with Gasteiger partial charge in [-0.15, -0.1) is 0 Å². The summed E-state index contributed by atoms with van der Waals surface area (Å²) in [6.07, 6.45) is 0. The lowest BCUT2D eigenvalue weighted by Crippen LogP contribution is -2.28. The van der Waals surface area contributed by atoms with Gasteiger partial charge in [-0.2, -0.15) is 0 Å². The molecular weight excluding hydrogens is 233 g/mol. The molecule has 1 aromatic carbocycles. The number of hydrogen-bond donors (Lipinski definition) is 2. The number of hydrogen-bond acceptors (Lipinski definition) is 1. The van der Waals surface area contributed by atoms with Crippen molar-refractivity contribution in [1.82, 2.24) is 10.2 Å². The molecule has 5 heteroatoms. The second-order valence-electron chi connectivity index (χ2n) is 3.45. The highest BCUT2D eigenvalue weighted by Crippen LogP contribution is 2.23. The van der Waals surface area contributed by atoms with Crippen LogP contribution in [0, 0.1) is 5.41 Å². The molecule has 0 aromatic heterocycles. The zero-order valence-corrected chi connectivity index (χ0v) is 9.57. The fourth-order valence-electron chi connectivity index (χ4n) is 1.55. The fourth-order valence-corrected chi connectivity index (χ4v) is 1.87. The van der Waals surface area contributed by atoms with E-state index in [-0.39, 0.29) is 0 Å². The van der Waals surface area contributed by atoms with Crippen molar-refractivity contribution in [1.29, 1.82) is 5.41 Å². The maximum absolute atomic E-state index is 7.61. The first-order valence-corrected chi connectivity index (χ1v) is 5.44. The van der Waals surface area contributed by atoms with Crippen LogP contribution in [0.4, 0.5) is 0 Å². The van der Waals surface area contributed by atoms with E-state index in [1.165, 1.54) is 0 Å². The van der Waals surface area contributed by atoms with Gasteiger partial charge < -0.3 is 10.2 Å². The maximum Gasteiger partial charge on any atom is 0.191 e. The zero-order valence-electron chi connectivity index (χ0n) is 8.06. The molecule has 2 N–H and O–H groups in total. The minimum absolute atomic E-state index is 0.473. The van der Waals surface area contributed by atoms with Gasteiger partial charge in [-0.25, -0.2) is 0 Å². The normalized spacial score (nSPS) is 15.6. The summed E-state index contributed by atoms with van der Waals surface area (Å²) in [4.78, 5) is 1.96. The number of benzene rings is 1. The molecule has 0 bridgehead atoms. The van der Waals surface area contributed by atoms with Gasteiger partial charge in [0.25, 0.3) is 0 Å². The van der Waals surface area contributed by atoms with Gasteiger partial charge >= 0.3 is 0 Å². The van der Waals surface area contributed by atoms with Crippen LogP contribution in [0.15, 0.2) is 18.2 Å². The first kappa shape index (κ1) is 10.6. The summed E-state index contributed by atoms with van der Waals surface area (Å²) in [6, 6.07) is 5.56. The summed E-state index contributed by atoms with van der Waals surface area (Å²) in [7, 11) is 0. The molecule has 1 saturated heterocycles. The van der Waals surface area contributed by atoms with E-state index in [0.29, 0.717) is 22.5 Å². The lowest BCUT2D eigenvalue weighted by Gasteiger charge is -2.16. The number of rotatable bonds is 2.